The molecule has 1 saturated carbocycles. The molecule has 0 bridgehead atoms. The minimum Gasteiger partial charge on any atom is -0.369 e. The average molecular weight is 261 g/mol. The van der Waals surface area contributed by atoms with Gasteiger partial charge >= 0.3 is 0 Å². The van der Waals surface area contributed by atoms with E-state index in [1.165, 1.54) is 32.1 Å². The third-order valence-electron chi connectivity index (χ3n) is 4.45. The fourth-order valence-corrected chi connectivity index (χ4v) is 3.40. The van der Waals surface area contributed by atoms with E-state index in [0.29, 0.717) is 12.0 Å². The zero-order valence-corrected chi connectivity index (χ0v) is 12.1. The smallest absolute Gasteiger partial charge is 0.202 e. The summed E-state index contributed by atoms with van der Waals surface area (Å²) in [5.41, 5.74) is 9.16. The van der Waals surface area contributed by atoms with Crippen LogP contribution in [-0.4, -0.2) is 19.3 Å². The van der Waals surface area contributed by atoms with E-state index in [2.05, 4.69) is 21.6 Å². The van der Waals surface area contributed by atoms with E-state index in [1.54, 1.807) is 0 Å². The Morgan fingerprint density at radius 1 is 1.21 bits per heavy atom. The SMILES string of the molecule is Cc1nn(C)c2c1nc(N)n2C1CCCC(C)CC1. The molecule has 2 unspecified atom stereocenters. The lowest BCUT2D eigenvalue weighted by Gasteiger charge is -2.18. The fourth-order valence-electron chi connectivity index (χ4n) is 3.40. The van der Waals surface area contributed by atoms with Crippen LogP contribution >= 0.6 is 0 Å². The standard InChI is InChI=1S/C14H23N5/c1-9-5-4-6-11(8-7-9)19-13-12(16-14(19)15)10(2)17-18(13)3/h9,11H,4-8H2,1-3H3,(H2,15,16). The van der Waals surface area contributed by atoms with Crippen molar-refractivity contribution < 1.29 is 0 Å². The summed E-state index contributed by atoms with van der Waals surface area (Å²) in [6.07, 6.45) is 6.28. The van der Waals surface area contributed by atoms with Crippen LogP contribution in [-0.2, 0) is 7.05 Å². The second-order valence-electron chi connectivity index (χ2n) is 5.99. The number of aromatic nitrogens is 4. The largest absolute Gasteiger partial charge is 0.369 e. The third kappa shape index (κ3) is 2.01. The topological polar surface area (TPSA) is 61.7 Å². The van der Waals surface area contributed by atoms with Gasteiger partial charge in [-0.25, -0.2) is 4.98 Å². The van der Waals surface area contributed by atoms with E-state index in [0.717, 1.165) is 22.8 Å². The number of aryl methyl sites for hydroxylation is 2. The molecule has 0 radical (unpaired) electrons. The molecule has 2 atom stereocenters. The Bertz CT molecular complexity index is 595. The minimum absolute atomic E-state index is 0.477. The quantitative estimate of drug-likeness (QED) is 0.803. The maximum atomic E-state index is 6.16. The first-order valence-corrected chi connectivity index (χ1v) is 7.25. The summed E-state index contributed by atoms with van der Waals surface area (Å²) >= 11 is 0. The van der Waals surface area contributed by atoms with Crippen LogP contribution in [0.4, 0.5) is 5.95 Å². The van der Waals surface area contributed by atoms with E-state index in [4.69, 9.17) is 5.73 Å². The molecular formula is C14H23N5. The molecule has 0 aromatic carbocycles. The average Bonchev–Trinajstić information content (AvgIpc) is 2.72. The lowest BCUT2D eigenvalue weighted by molar-refractivity contribution is 0.440. The molecule has 0 aliphatic heterocycles. The van der Waals surface area contributed by atoms with E-state index in [1.807, 2.05) is 18.7 Å². The van der Waals surface area contributed by atoms with Crippen molar-refractivity contribution >= 4 is 17.1 Å². The summed E-state index contributed by atoms with van der Waals surface area (Å²) in [6, 6.07) is 0.477. The van der Waals surface area contributed by atoms with Gasteiger partial charge in [-0.05, 0) is 32.1 Å². The number of hydrogen-bond donors (Lipinski definition) is 1. The van der Waals surface area contributed by atoms with Crippen LogP contribution in [0.2, 0.25) is 0 Å². The molecule has 5 nitrogen and oxygen atoms in total. The van der Waals surface area contributed by atoms with Crippen LogP contribution in [0.5, 0.6) is 0 Å². The van der Waals surface area contributed by atoms with Crippen molar-refractivity contribution in [3.63, 3.8) is 0 Å². The van der Waals surface area contributed by atoms with E-state index in [9.17, 15) is 0 Å². The zero-order valence-electron chi connectivity index (χ0n) is 12.1. The number of nitrogen functional groups attached to an aromatic ring is 1. The number of hydrogen-bond acceptors (Lipinski definition) is 3. The predicted octanol–water partition coefficient (Wildman–Crippen LogP) is 2.80. The Morgan fingerprint density at radius 3 is 2.79 bits per heavy atom. The Morgan fingerprint density at radius 2 is 2.00 bits per heavy atom. The molecule has 1 fully saturated rings. The molecular weight excluding hydrogens is 238 g/mol. The molecule has 5 heteroatoms. The molecule has 0 spiro atoms. The molecule has 2 aromatic heterocycles. The number of nitrogens with two attached hydrogens (primary N) is 1. The lowest BCUT2D eigenvalue weighted by atomic mass is 10.0. The van der Waals surface area contributed by atoms with Crippen molar-refractivity contribution in [2.24, 2.45) is 13.0 Å². The summed E-state index contributed by atoms with van der Waals surface area (Å²) in [5, 5.41) is 4.46. The Hall–Kier alpha value is -1.52. The molecule has 19 heavy (non-hydrogen) atoms. The summed E-state index contributed by atoms with van der Waals surface area (Å²) in [4.78, 5) is 4.52. The summed E-state index contributed by atoms with van der Waals surface area (Å²) < 4.78 is 4.13. The number of rotatable bonds is 1. The molecule has 104 valence electrons. The second-order valence-corrected chi connectivity index (χ2v) is 5.99. The number of anilines is 1. The van der Waals surface area contributed by atoms with Crippen molar-refractivity contribution in [1.82, 2.24) is 19.3 Å². The molecule has 0 saturated heterocycles. The zero-order chi connectivity index (χ0) is 13.6. The fraction of sp³-hybridized carbons (Fsp3) is 0.714. The van der Waals surface area contributed by atoms with Crippen LogP contribution in [0.15, 0.2) is 0 Å². The van der Waals surface area contributed by atoms with E-state index >= 15 is 0 Å². The van der Waals surface area contributed by atoms with Gasteiger partial charge in [-0.3, -0.25) is 9.25 Å². The Balaban J connectivity index is 2.06. The number of imidazole rings is 1. The van der Waals surface area contributed by atoms with Crippen molar-refractivity contribution in [2.45, 2.75) is 52.0 Å². The highest BCUT2D eigenvalue weighted by molar-refractivity contribution is 5.77. The number of nitrogens with zero attached hydrogens (tertiary/aromatic N) is 4. The van der Waals surface area contributed by atoms with E-state index < -0.39 is 0 Å². The lowest BCUT2D eigenvalue weighted by Crippen LogP contribution is -2.13. The summed E-state index contributed by atoms with van der Waals surface area (Å²) in [6.45, 7) is 4.34. The Labute approximate surface area is 113 Å². The van der Waals surface area contributed by atoms with Crippen LogP contribution in [0.1, 0.15) is 50.8 Å². The van der Waals surface area contributed by atoms with Crippen LogP contribution in [0.3, 0.4) is 0 Å². The summed E-state index contributed by atoms with van der Waals surface area (Å²) in [5.74, 6) is 1.48. The predicted molar refractivity (Wildman–Crippen MR) is 76.9 cm³/mol. The highest BCUT2D eigenvalue weighted by atomic mass is 15.4. The maximum Gasteiger partial charge on any atom is 0.202 e. The van der Waals surface area contributed by atoms with Gasteiger partial charge < -0.3 is 5.73 Å². The monoisotopic (exact) mass is 261 g/mol. The van der Waals surface area contributed by atoms with Gasteiger partial charge in [0.1, 0.15) is 5.52 Å². The van der Waals surface area contributed by atoms with Gasteiger partial charge in [0.15, 0.2) is 5.65 Å². The van der Waals surface area contributed by atoms with Gasteiger partial charge in [-0.1, -0.05) is 19.8 Å². The van der Waals surface area contributed by atoms with Gasteiger partial charge in [-0.15, -0.1) is 0 Å². The minimum atomic E-state index is 0.477. The first-order valence-electron chi connectivity index (χ1n) is 7.25. The highest BCUT2D eigenvalue weighted by Gasteiger charge is 2.24. The van der Waals surface area contributed by atoms with Crippen LogP contribution in [0, 0.1) is 12.8 Å². The molecule has 1 aliphatic carbocycles. The van der Waals surface area contributed by atoms with Gasteiger partial charge in [0.2, 0.25) is 5.95 Å². The van der Waals surface area contributed by atoms with Gasteiger partial charge in [-0.2, -0.15) is 5.10 Å². The summed E-state index contributed by atoms with van der Waals surface area (Å²) in [7, 11) is 1.98. The van der Waals surface area contributed by atoms with Gasteiger partial charge in [0, 0.05) is 13.1 Å². The van der Waals surface area contributed by atoms with Gasteiger partial charge in [0.05, 0.1) is 5.69 Å². The van der Waals surface area contributed by atoms with E-state index in [-0.39, 0.29) is 0 Å². The normalized spacial score (nSPS) is 24.8. The maximum absolute atomic E-state index is 6.16. The van der Waals surface area contributed by atoms with Crippen molar-refractivity contribution in [3.8, 4) is 0 Å². The Kier molecular flexibility index (Phi) is 2.99. The van der Waals surface area contributed by atoms with Gasteiger partial charge in [0.25, 0.3) is 0 Å². The van der Waals surface area contributed by atoms with Crippen molar-refractivity contribution in [1.29, 1.82) is 0 Å². The van der Waals surface area contributed by atoms with Crippen LogP contribution in [0.25, 0.3) is 11.2 Å². The van der Waals surface area contributed by atoms with Crippen LogP contribution < -0.4 is 5.73 Å². The van der Waals surface area contributed by atoms with Crippen molar-refractivity contribution in [3.05, 3.63) is 5.69 Å². The third-order valence-corrected chi connectivity index (χ3v) is 4.45. The highest BCUT2D eigenvalue weighted by Crippen LogP contribution is 2.34. The molecule has 2 aromatic rings. The molecule has 1 aliphatic rings. The molecule has 3 rings (SSSR count). The molecule has 0 amide bonds. The molecule has 2 heterocycles. The first-order chi connectivity index (χ1) is 9.08. The number of fused-ring (bicyclic) bond motifs is 1. The second kappa shape index (κ2) is 4.54. The van der Waals surface area contributed by atoms with Crippen molar-refractivity contribution in [2.75, 3.05) is 5.73 Å². The first kappa shape index (κ1) is 12.5. The molecule has 2 N–H and O–H groups in total.